The van der Waals surface area contributed by atoms with Gasteiger partial charge in [0.2, 0.25) is 0 Å². The van der Waals surface area contributed by atoms with Crippen molar-refractivity contribution in [3.05, 3.63) is 34.9 Å². The maximum Gasteiger partial charge on any atom is 0.0453 e. The van der Waals surface area contributed by atoms with Gasteiger partial charge in [-0.15, -0.1) is 0 Å². The third-order valence-corrected chi connectivity index (χ3v) is 3.73. The molecule has 3 atom stereocenters. The van der Waals surface area contributed by atoms with E-state index in [1.165, 1.54) is 12.0 Å². The summed E-state index contributed by atoms with van der Waals surface area (Å²) in [5.74, 6) is 0.685. The van der Waals surface area contributed by atoms with Crippen LogP contribution in [0.4, 0.5) is 0 Å². The molecule has 0 amide bonds. The van der Waals surface area contributed by atoms with Gasteiger partial charge in [0, 0.05) is 17.1 Å². The van der Waals surface area contributed by atoms with E-state index < -0.39 is 0 Å². The lowest BCUT2D eigenvalue weighted by atomic mass is 9.99. The lowest BCUT2D eigenvalue weighted by Crippen LogP contribution is -2.34. The number of hydrogen-bond donors (Lipinski definition) is 1. The Morgan fingerprint density at radius 1 is 1.19 bits per heavy atom. The Morgan fingerprint density at radius 2 is 1.81 bits per heavy atom. The fourth-order valence-electron chi connectivity index (χ4n) is 1.83. The molecular formula is C14H22ClN. The van der Waals surface area contributed by atoms with Crippen LogP contribution in [-0.4, -0.2) is 6.04 Å². The average molecular weight is 240 g/mol. The van der Waals surface area contributed by atoms with Gasteiger partial charge < -0.3 is 5.32 Å². The molecule has 0 heterocycles. The molecule has 0 aliphatic carbocycles. The molecular weight excluding hydrogens is 218 g/mol. The van der Waals surface area contributed by atoms with Gasteiger partial charge in [-0.2, -0.15) is 0 Å². The molecule has 0 bridgehead atoms. The van der Waals surface area contributed by atoms with Crippen molar-refractivity contribution < 1.29 is 0 Å². The first kappa shape index (κ1) is 13.5. The molecule has 90 valence electrons. The van der Waals surface area contributed by atoms with E-state index in [9.17, 15) is 0 Å². The van der Waals surface area contributed by atoms with Crippen molar-refractivity contribution in [2.45, 2.75) is 46.2 Å². The molecule has 0 saturated carbocycles. The summed E-state index contributed by atoms with van der Waals surface area (Å²) in [4.78, 5) is 0. The number of hydrogen-bond acceptors (Lipinski definition) is 1. The summed E-state index contributed by atoms with van der Waals surface area (Å²) < 4.78 is 0. The standard InChI is InChI=1S/C14H22ClN/c1-5-10(2)11(3)16-12(4)13-8-6-7-9-14(13)15/h6-12,16H,5H2,1-4H3/t10?,11?,12-/m0/s1. The van der Waals surface area contributed by atoms with Crippen molar-refractivity contribution >= 4 is 11.6 Å². The minimum absolute atomic E-state index is 0.303. The van der Waals surface area contributed by atoms with Gasteiger partial charge in [-0.3, -0.25) is 0 Å². The smallest absolute Gasteiger partial charge is 0.0453 e. The van der Waals surface area contributed by atoms with E-state index in [1.807, 2.05) is 18.2 Å². The van der Waals surface area contributed by atoms with Crippen molar-refractivity contribution in [3.63, 3.8) is 0 Å². The number of rotatable bonds is 5. The van der Waals surface area contributed by atoms with Gasteiger partial charge in [0.05, 0.1) is 0 Å². The zero-order valence-corrected chi connectivity index (χ0v) is 11.4. The summed E-state index contributed by atoms with van der Waals surface area (Å²) in [5, 5.41) is 4.45. The quantitative estimate of drug-likeness (QED) is 0.802. The zero-order chi connectivity index (χ0) is 12.1. The first-order chi connectivity index (χ1) is 7.56. The fraction of sp³-hybridized carbons (Fsp3) is 0.571. The van der Waals surface area contributed by atoms with Crippen molar-refractivity contribution in [2.24, 2.45) is 5.92 Å². The van der Waals surface area contributed by atoms with Crippen LogP contribution in [0, 0.1) is 5.92 Å². The Bertz CT molecular complexity index is 324. The number of benzene rings is 1. The lowest BCUT2D eigenvalue weighted by Gasteiger charge is -2.25. The Hall–Kier alpha value is -0.530. The van der Waals surface area contributed by atoms with Gasteiger partial charge in [0.25, 0.3) is 0 Å². The third-order valence-electron chi connectivity index (χ3n) is 3.38. The highest BCUT2D eigenvalue weighted by atomic mass is 35.5. The molecule has 0 aliphatic rings. The van der Waals surface area contributed by atoms with Crippen LogP contribution in [0.1, 0.15) is 45.7 Å². The van der Waals surface area contributed by atoms with Crippen LogP contribution in [0.2, 0.25) is 5.02 Å². The molecule has 0 radical (unpaired) electrons. The predicted molar refractivity (Wildman–Crippen MR) is 71.9 cm³/mol. The maximum absolute atomic E-state index is 6.18. The minimum Gasteiger partial charge on any atom is -0.307 e. The van der Waals surface area contributed by atoms with Gasteiger partial charge in [-0.1, -0.05) is 50.1 Å². The summed E-state index contributed by atoms with van der Waals surface area (Å²) in [6.07, 6.45) is 1.20. The van der Waals surface area contributed by atoms with Crippen LogP contribution in [-0.2, 0) is 0 Å². The molecule has 1 nitrogen and oxygen atoms in total. The highest BCUT2D eigenvalue weighted by molar-refractivity contribution is 6.31. The Labute approximate surface area is 104 Å². The summed E-state index contributed by atoms with van der Waals surface area (Å²) in [7, 11) is 0. The first-order valence-electron chi connectivity index (χ1n) is 6.06. The number of halogens is 1. The molecule has 1 aromatic carbocycles. The largest absolute Gasteiger partial charge is 0.307 e. The van der Waals surface area contributed by atoms with E-state index >= 15 is 0 Å². The summed E-state index contributed by atoms with van der Waals surface area (Å²) in [6.45, 7) is 8.90. The summed E-state index contributed by atoms with van der Waals surface area (Å²) in [5.41, 5.74) is 1.18. The average Bonchev–Trinajstić information content (AvgIpc) is 2.28. The Morgan fingerprint density at radius 3 is 2.38 bits per heavy atom. The van der Waals surface area contributed by atoms with Crippen LogP contribution >= 0.6 is 11.6 Å². The van der Waals surface area contributed by atoms with Gasteiger partial charge in [-0.05, 0) is 31.4 Å². The topological polar surface area (TPSA) is 12.0 Å². The second kappa shape index (κ2) is 6.27. The summed E-state index contributed by atoms with van der Waals surface area (Å²) >= 11 is 6.18. The maximum atomic E-state index is 6.18. The van der Waals surface area contributed by atoms with Crippen molar-refractivity contribution in [3.8, 4) is 0 Å². The van der Waals surface area contributed by atoms with E-state index in [0.29, 0.717) is 18.0 Å². The summed E-state index contributed by atoms with van der Waals surface area (Å²) in [6, 6.07) is 8.85. The molecule has 2 unspecified atom stereocenters. The van der Waals surface area contributed by atoms with E-state index in [-0.39, 0.29) is 0 Å². The second-order valence-electron chi connectivity index (χ2n) is 4.58. The molecule has 1 rings (SSSR count). The third kappa shape index (κ3) is 3.50. The van der Waals surface area contributed by atoms with Crippen molar-refractivity contribution in [2.75, 3.05) is 0 Å². The Kier molecular flexibility index (Phi) is 5.30. The zero-order valence-electron chi connectivity index (χ0n) is 10.6. The van der Waals surface area contributed by atoms with E-state index in [0.717, 1.165) is 5.02 Å². The van der Waals surface area contributed by atoms with Crippen molar-refractivity contribution in [1.82, 2.24) is 5.32 Å². The molecule has 16 heavy (non-hydrogen) atoms. The van der Waals surface area contributed by atoms with E-state index in [4.69, 9.17) is 11.6 Å². The Balaban J connectivity index is 2.65. The van der Waals surface area contributed by atoms with Gasteiger partial charge in [-0.25, -0.2) is 0 Å². The minimum atomic E-state index is 0.303. The normalized spacial score (nSPS) is 16.8. The predicted octanol–water partition coefficient (Wildman–Crippen LogP) is 4.43. The molecule has 0 fully saturated rings. The molecule has 1 aromatic rings. The molecule has 0 spiro atoms. The lowest BCUT2D eigenvalue weighted by molar-refractivity contribution is 0.360. The van der Waals surface area contributed by atoms with Gasteiger partial charge >= 0.3 is 0 Å². The second-order valence-corrected chi connectivity index (χ2v) is 4.99. The van der Waals surface area contributed by atoms with Crippen LogP contribution in [0.3, 0.4) is 0 Å². The van der Waals surface area contributed by atoms with Crippen molar-refractivity contribution in [1.29, 1.82) is 0 Å². The van der Waals surface area contributed by atoms with Crippen LogP contribution in [0.5, 0.6) is 0 Å². The molecule has 1 N–H and O–H groups in total. The van der Waals surface area contributed by atoms with Crippen LogP contribution in [0.25, 0.3) is 0 Å². The first-order valence-corrected chi connectivity index (χ1v) is 6.44. The highest BCUT2D eigenvalue weighted by Gasteiger charge is 2.15. The molecule has 0 aromatic heterocycles. The molecule has 0 aliphatic heterocycles. The molecule has 0 saturated heterocycles. The van der Waals surface area contributed by atoms with Crippen LogP contribution in [0.15, 0.2) is 24.3 Å². The highest BCUT2D eigenvalue weighted by Crippen LogP contribution is 2.23. The SMILES string of the molecule is CCC(C)C(C)N[C@@H](C)c1ccccc1Cl. The fourth-order valence-corrected chi connectivity index (χ4v) is 2.13. The van der Waals surface area contributed by atoms with E-state index in [2.05, 4.69) is 39.1 Å². The number of nitrogens with one attached hydrogen (secondary N) is 1. The van der Waals surface area contributed by atoms with E-state index in [1.54, 1.807) is 0 Å². The van der Waals surface area contributed by atoms with Gasteiger partial charge in [0.1, 0.15) is 0 Å². The molecule has 2 heteroatoms. The monoisotopic (exact) mass is 239 g/mol. The van der Waals surface area contributed by atoms with Gasteiger partial charge in [0.15, 0.2) is 0 Å². The van der Waals surface area contributed by atoms with Crippen LogP contribution < -0.4 is 5.32 Å².